The van der Waals surface area contributed by atoms with Crippen LogP contribution in [-0.4, -0.2) is 17.6 Å². The number of aliphatic imine (C=N–C) groups is 1. The lowest BCUT2D eigenvalue weighted by atomic mass is 10.1. The maximum absolute atomic E-state index is 9.38. The van der Waals surface area contributed by atoms with Crippen molar-refractivity contribution in [2.75, 3.05) is 11.6 Å². The summed E-state index contributed by atoms with van der Waals surface area (Å²) in [5, 5.41) is 10.1. The first-order valence-electron chi connectivity index (χ1n) is 8.22. The summed E-state index contributed by atoms with van der Waals surface area (Å²) in [4.78, 5) is 8.22. The summed E-state index contributed by atoms with van der Waals surface area (Å²) >= 11 is 5.98. The third-order valence-corrected chi connectivity index (χ3v) is 4.78. The molecule has 0 saturated carbocycles. The Morgan fingerprint density at radius 2 is 2.00 bits per heavy atom. The summed E-state index contributed by atoms with van der Waals surface area (Å²) in [6.07, 6.45) is 4.26. The van der Waals surface area contributed by atoms with Crippen LogP contribution < -0.4 is 9.80 Å². The number of allylic oxidation sites excluding steroid dienone is 1. The molecule has 25 heavy (non-hydrogen) atoms. The van der Waals surface area contributed by atoms with E-state index >= 15 is 0 Å². The van der Waals surface area contributed by atoms with E-state index in [4.69, 9.17) is 16.6 Å². The van der Waals surface area contributed by atoms with Crippen molar-refractivity contribution in [2.45, 2.75) is 13.5 Å². The minimum Gasteiger partial charge on any atom is -0.392 e. The summed E-state index contributed by atoms with van der Waals surface area (Å²) in [5.74, 6) is 1.03. The predicted octanol–water partition coefficient (Wildman–Crippen LogP) is 2.81. The molecule has 5 heteroatoms. The quantitative estimate of drug-likeness (QED) is 0.891. The van der Waals surface area contributed by atoms with Gasteiger partial charge in [0.2, 0.25) is 5.84 Å². The average molecular weight is 353 g/mol. The first-order valence-corrected chi connectivity index (χ1v) is 8.60. The van der Waals surface area contributed by atoms with Gasteiger partial charge in [-0.2, -0.15) is 4.99 Å². The van der Waals surface area contributed by atoms with Crippen LogP contribution in [0.5, 0.6) is 0 Å². The second kappa shape index (κ2) is 6.48. The molecule has 2 aliphatic rings. The Morgan fingerprint density at radius 1 is 1.20 bits per heavy atom. The van der Waals surface area contributed by atoms with Crippen molar-refractivity contribution in [3.63, 3.8) is 0 Å². The molecule has 1 unspecified atom stereocenters. The van der Waals surface area contributed by atoms with Gasteiger partial charge in [0.05, 0.1) is 6.61 Å². The highest BCUT2D eigenvalue weighted by Gasteiger charge is 2.30. The van der Waals surface area contributed by atoms with Crippen LogP contribution in [0.25, 0.3) is 5.70 Å². The largest absolute Gasteiger partial charge is 0.392 e. The Balaban J connectivity index is 1.63. The molecule has 0 fully saturated rings. The van der Waals surface area contributed by atoms with Crippen molar-refractivity contribution < 1.29 is 10.0 Å². The summed E-state index contributed by atoms with van der Waals surface area (Å²) in [7, 11) is 0. The van der Waals surface area contributed by atoms with Gasteiger partial charge in [0.1, 0.15) is 11.9 Å². The van der Waals surface area contributed by atoms with Crippen LogP contribution in [0.1, 0.15) is 18.1 Å². The van der Waals surface area contributed by atoms with Crippen molar-refractivity contribution in [1.29, 1.82) is 0 Å². The summed E-state index contributed by atoms with van der Waals surface area (Å²) in [6, 6.07) is 15.8. The Bertz CT molecular complexity index is 899. The molecule has 2 N–H and O–H groups in total. The van der Waals surface area contributed by atoms with E-state index in [1.165, 1.54) is 4.90 Å². The predicted molar refractivity (Wildman–Crippen MR) is 101 cm³/mol. The van der Waals surface area contributed by atoms with Gasteiger partial charge in [-0.05, 0) is 36.8 Å². The average Bonchev–Trinajstić information content (AvgIpc) is 3.04. The molecule has 0 bridgehead atoms. The molecule has 0 amide bonds. The first kappa shape index (κ1) is 16.1. The summed E-state index contributed by atoms with van der Waals surface area (Å²) < 4.78 is 0. The summed E-state index contributed by atoms with van der Waals surface area (Å²) in [5.41, 5.74) is 5.18. The molecule has 0 radical (unpaired) electrons. The number of benzene rings is 2. The van der Waals surface area contributed by atoms with Gasteiger partial charge < -0.3 is 5.11 Å². The monoisotopic (exact) mass is 352 g/mol. The van der Waals surface area contributed by atoms with Crippen molar-refractivity contribution >= 4 is 28.8 Å². The van der Waals surface area contributed by atoms with Crippen molar-refractivity contribution in [3.8, 4) is 0 Å². The maximum atomic E-state index is 9.38. The zero-order chi connectivity index (χ0) is 17.4. The molecule has 2 aliphatic heterocycles. The van der Waals surface area contributed by atoms with E-state index in [1.54, 1.807) is 0 Å². The van der Waals surface area contributed by atoms with Gasteiger partial charge in [-0.25, -0.2) is 4.90 Å². The molecule has 2 aromatic carbocycles. The van der Waals surface area contributed by atoms with Crippen LogP contribution in [-0.2, 0) is 6.61 Å². The highest BCUT2D eigenvalue weighted by atomic mass is 35.5. The van der Waals surface area contributed by atoms with Gasteiger partial charge in [-0.3, -0.25) is 4.90 Å². The molecule has 0 spiro atoms. The van der Waals surface area contributed by atoms with Crippen LogP contribution in [0.15, 0.2) is 71.5 Å². The first-order chi connectivity index (χ1) is 12.1. The van der Waals surface area contributed by atoms with Crippen LogP contribution in [0.2, 0.25) is 5.02 Å². The number of rotatable bonds is 3. The number of nitrogens with zero attached hydrogens (tertiary/aromatic N) is 2. The number of fused-ring (bicyclic) bond motifs is 1. The fourth-order valence-electron chi connectivity index (χ4n) is 3.18. The Hall–Kier alpha value is -2.40. The lowest BCUT2D eigenvalue weighted by molar-refractivity contribution is -0.742. The van der Waals surface area contributed by atoms with Gasteiger partial charge >= 0.3 is 0 Å². The van der Waals surface area contributed by atoms with Crippen molar-refractivity contribution in [2.24, 2.45) is 4.99 Å². The molecule has 2 aromatic rings. The molecule has 2 heterocycles. The minimum atomic E-state index is 0.0499. The second-order valence-electron chi connectivity index (χ2n) is 6.26. The molecule has 1 atom stereocenters. The van der Waals surface area contributed by atoms with Crippen LogP contribution >= 0.6 is 11.6 Å². The third kappa shape index (κ3) is 3.12. The Morgan fingerprint density at radius 3 is 2.76 bits per heavy atom. The SMILES string of the molecule is CC1=CC2=NC(c3ccc(Cl)cc3)=C[NH+]2CN1c1cccc(CO)c1. The second-order valence-corrected chi connectivity index (χ2v) is 6.70. The van der Waals surface area contributed by atoms with E-state index < -0.39 is 0 Å². The number of hydrogen-bond donors (Lipinski definition) is 2. The number of hydrogen-bond acceptors (Lipinski definition) is 3. The smallest absolute Gasteiger partial charge is 0.234 e. The van der Waals surface area contributed by atoms with E-state index in [0.29, 0.717) is 0 Å². The lowest BCUT2D eigenvalue weighted by Crippen LogP contribution is -3.11. The zero-order valence-electron chi connectivity index (χ0n) is 13.9. The molecule has 0 saturated heterocycles. The number of aliphatic hydroxyl groups is 1. The third-order valence-electron chi connectivity index (χ3n) is 4.53. The molecule has 4 nitrogen and oxygen atoms in total. The number of halogens is 1. The van der Waals surface area contributed by atoms with Gasteiger partial charge in [0.15, 0.2) is 6.67 Å². The topological polar surface area (TPSA) is 40.3 Å². The van der Waals surface area contributed by atoms with Gasteiger partial charge in [-0.15, -0.1) is 0 Å². The van der Waals surface area contributed by atoms with Crippen LogP contribution in [0.4, 0.5) is 5.69 Å². The molecule has 0 aromatic heterocycles. The van der Waals surface area contributed by atoms with Crippen molar-refractivity contribution in [3.05, 3.63) is 82.7 Å². The zero-order valence-corrected chi connectivity index (χ0v) is 14.7. The highest BCUT2D eigenvalue weighted by Crippen LogP contribution is 2.24. The normalized spacial score (nSPS) is 19.2. The molecular weight excluding hydrogens is 334 g/mol. The number of anilines is 1. The van der Waals surface area contributed by atoms with E-state index in [-0.39, 0.29) is 6.61 Å². The van der Waals surface area contributed by atoms with Crippen molar-refractivity contribution in [1.82, 2.24) is 0 Å². The number of nitrogens with one attached hydrogen (secondary N) is 1. The Labute approximate surface area is 152 Å². The standard InChI is InChI=1S/C20H18ClN3O/c1-14-9-20-22-19(16-5-7-17(21)8-6-16)11-23(20)13-24(14)18-4-2-3-15(10-18)12-25/h2-11,25H,12-13H2,1H3/p+1. The van der Waals surface area contributed by atoms with Crippen LogP contribution in [0.3, 0.4) is 0 Å². The minimum absolute atomic E-state index is 0.0499. The maximum Gasteiger partial charge on any atom is 0.234 e. The van der Waals surface area contributed by atoms with Crippen LogP contribution in [0, 0.1) is 0 Å². The summed E-state index contributed by atoms with van der Waals surface area (Å²) in [6.45, 7) is 2.91. The van der Waals surface area contributed by atoms with E-state index in [2.05, 4.69) is 30.2 Å². The Kier molecular flexibility index (Phi) is 4.17. The molecule has 126 valence electrons. The molecule has 4 rings (SSSR count). The van der Waals surface area contributed by atoms with E-state index in [0.717, 1.165) is 45.7 Å². The number of quaternary nitrogens is 1. The van der Waals surface area contributed by atoms with E-state index in [1.807, 2.05) is 42.5 Å². The fraction of sp³-hybridized carbons (Fsp3) is 0.150. The van der Waals surface area contributed by atoms with E-state index in [9.17, 15) is 5.11 Å². The number of aliphatic hydroxyl groups excluding tert-OH is 1. The molecular formula is C20H19ClN3O+. The lowest BCUT2D eigenvalue weighted by Gasteiger charge is -2.30. The molecule has 0 aliphatic carbocycles. The highest BCUT2D eigenvalue weighted by molar-refractivity contribution is 6.30. The van der Waals surface area contributed by atoms with Gasteiger partial charge in [0.25, 0.3) is 0 Å². The number of amidine groups is 1. The van der Waals surface area contributed by atoms with Gasteiger partial charge in [0, 0.05) is 28.0 Å². The van der Waals surface area contributed by atoms with Gasteiger partial charge in [-0.1, -0.05) is 35.9 Å². The fourth-order valence-corrected chi connectivity index (χ4v) is 3.31.